The molecule has 94 valence electrons. The molecule has 3 nitrogen and oxygen atoms in total. The lowest BCUT2D eigenvalue weighted by molar-refractivity contribution is 0.369. The smallest absolute Gasteiger partial charge is 0.161 e. The summed E-state index contributed by atoms with van der Waals surface area (Å²) in [7, 11) is 1.55. The third-order valence-electron chi connectivity index (χ3n) is 2.82. The van der Waals surface area contributed by atoms with Crippen LogP contribution in [0.1, 0.15) is 24.5 Å². The zero-order valence-electron chi connectivity index (χ0n) is 10.6. The third-order valence-corrected chi connectivity index (χ3v) is 2.82. The Morgan fingerprint density at radius 1 is 1.53 bits per heavy atom. The number of methoxy groups -OCH3 is 1. The van der Waals surface area contributed by atoms with Crippen molar-refractivity contribution in [3.8, 4) is 11.5 Å². The molecule has 17 heavy (non-hydrogen) atoms. The molecule has 1 aromatic carbocycles. The Morgan fingerprint density at radius 3 is 2.76 bits per heavy atom. The van der Waals surface area contributed by atoms with Gasteiger partial charge in [-0.2, -0.15) is 0 Å². The predicted octanol–water partition coefficient (Wildman–Crippen LogP) is 2.41. The molecule has 0 bridgehead atoms. The van der Waals surface area contributed by atoms with Gasteiger partial charge in [0.15, 0.2) is 11.5 Å². The van der Waals surface area contributed by atoms with E-state index in [1.165, 1.54) is 0 Å². The average molecular weight is 235 g/mol. The van der Waals surface area contributed by atoms with Gasteiger partial charge in [-0.1, -0.05) is 19.1 Å². The number of hydrogen-bond donors (Lipinski definition) is 2. The zero-order chi connectivity index (χ0) is 12.8. The van der Waals surface area contributed by atoms with Gasteiger partial charge >= 0.3 is 0 Å². The van der Waals surface area contributed by atoms with Crippen molar-refractivity contribution >= 4 is 0 Å². The molecule has 0 aliphatic carbocycles. The maximum absolute atomic E-state index is 10.0. The number of phenolic OH excluding ortho intramolecular Hbond substituents is 1. The molecule has 1 rings (SSSR count). The zero-order valence-corrected chi connectivity index (χ0v) is 10.6. The summed E-state index contributed by atoms with van der Waals surface area (Å²) in [5, 5.41) is 10.0. The molecule has 0 fully saturated rings. The Hall–Kier alpha value is -1.48. The predicted molar refractivity (Wildman–Crippen MR) is 70.5 cm³/mol. The van der Waals surface area contributed by atoms with E-state index in [1.807, 2.05) is 25.1 Å². The topological polar surface area (TPSA) is 55.5 Å². The summed E-state index contributed by atoms with van der Waals surface area (Å²) in [6.07, 6.45) is 4.12. The average Bonchev–Trinajstić information content (AvgIpc) is 2.33. The molecule has 0 aromatic heterocycles. The molecule has 0 heterocycles. The molecule has 1 atom stereocenters. The molecular formula is C14H21NO2. The number of rotatable bonds is 6. The van der Waals surface area contributed by atoms with E-state index in [-0.39, 0.29) is 11.8 Å². The molecule has 1 unspecified atom stereocenters. The lowest BCUT2D eigenvalue weighted by Gasteiger charge is -2.14. The highest BCUT2D eigenvalue weighted by Crippen LogP contribution is 2.32. The second-order valence-corrected chi connectivity index (χ2v) is 4.17. The van der Waals surface area contributed by atoms with Crippen LogP contribution in [0.25, 0.3) is 0 Å². The van der Waals surface area contributed by atoms with Crippen molar-refractivity contribution in [2.75, 3.05) is 7.11 Å². The van der Waals surface area contributed by atoms with Gasteiger partial charge in [0, 0.05) is 6.04 Å². The minimum atomic E-state index is 0.0598. The molecule has 0 amide bonds. The number of allylic oxidation sites excluding steroid dienone is 1. The van der Waals surface area contributed by atoms with Gasteiger partial charge in [-0.3, -0.25) is 0 Å². The van der Waals surface area contributed by atoms with Crippen LogP contribution in [0.5, 0.6) is 11.5 Å². The van der Waals surface area contributed by atoms with Crippen LogP contribution in [0.2, 0.25) is 0 Å². The van der Waals surface area contributed by atoms with Crippen LogP contribution in [0.15, 0.2) is 24.8 Å². The fourth-order valence-corrected chi connectivity index (χ4v) is 1.75. The summed E-state index contributed by atoms with van der Waals surface area (Å²) in [5.41, 5.74) is 7.84. The maximum atomic E-state index is 10.0. The van der Waals surface area contributed by atoms with Crippen molar-refractivity contribution in [3.05, 3.63) is 35.9 Å². The molecule has 0 saturated heterocycles. The van der Waals surface area contributed by atoms with E-state index < -0.39 is 0 Å². The Kier molecular flexibility index (Phi) is 5.04. The van der Waals surface area contributed by atoms with Crippen LogP contribution in [0, 0.1) is 0 Å². The normalized spacial score (nSPS) is 12.2. The minimum Gasteiger partial charge on any atom is -0.504 e. The fraction of sp³-hybridized carbons (Fsp3) is 0.429. The standard InChI is InChI=1S/C14H21NO2/c1-4-6-10-7-11(9-12(15)5-2)14(16)13(8-10)17-3/h4,7-8,12,16H,1,5-6,9,15H2,2-3H3. The molecular weight excluding hydrogens is 214 g/mol. The van der Waals surface area contributed by atoms with Gasteiger partial charge in [0.1, 0.15) is 0 Å². The highest BCUT2D eigenvalue weighted by atomic mass is 16.5. The highest BCUT2D eigenvalue weighted by molar-refractivity contribution is 5.49. The van der Waals surface area contributed by atoms with Gasteiger partial charge in [0.25, 0.3) is 0 Å². The number of aromatic hydroxyl groups is 1. The lowest BCUT2D eigenvalue weighted by atomic mass is 9.99. The van der Waals surface area contributed by atoms with Crippen molar-refractivity contribution in [1.82, 2.24) is 0 Å². The molecule has 3 heteroatoms. The Labute approximate surface area is 103 Å². The van der Waals surface area contributed by atoms with E-state index in [2.05, 4.69) is 6.58 Å². The number of benzene rings is 1. The quantitative estimate of drug-likeness (QED) is 0.744. The second kappa shape index (κ2) is 6.30. The van der Waals surface area contributed by atoms with Crippen LogP contribution in [0.3, 0.4) is 0 Å². The van der Waals surface area contributed by atoms with Crippen molar-refractivity contribution < 1.29 is 9.84 Å². The summed E-state index contributed by atoms with van der Waals surface area (Å²) in [6, 6.07) is 3.86. The summed E-state index contributed by atoms with van der Waals surface area (Å²) < 4.78 is 5.16. The van der Waals surface area contributed by atoms with Crippen LogP contribution in [-0.2, 0) is 12.8 Å². The minimum absolute atomic E-state index is 0.0598. The molecule has 3 N–H and O–H groups in total. The van der Waals surface area contributed by atoms with Crippen LogP contribution >= 0.6 is 0 Å². The third kappa shape index (κ3) is 3.49. The van der Waals surface area contributed by atoms with Crippen LogP contribution < -0.4 is 10.5 Å². The first-order chi connectivity index (χ1) is 8.12. The number of ether oxygens (including phenoxy) is 1. The summed E-state index contributed by atoms with van der Waals surface area (Å²) in [5.74, 6) is 0.701. The maximum Gasteiger partial charge on any atom is 0.161 e. The second-order valence-electron chi connectivity index (χ2n) is 4.17. The van der Waals surface area contributed by atoms with Gasteiger partial charge < -0.3 is 15.6 Å². The molecule has 0 spiro atoms. The molecule has 0 aliphatic heterocycles. The molecule has 1 aromatic rings. The summed E-state index contributed by atoms with van der Waals surface area (Å²) in [4.78, 5) is 0. The first kappa shape index (κ1) is 13.6. The van der Waals surface area contributed by atoms with Crippen LogP contribution in [0.4, 0.5) is 0 Å². The first-order valence-corrected chi connectivity index (χ1v) is 5.87. The Bertz CT molecular complexity index is 388. The van der Waals surface area contributed by atoms with E-state index in [4.69, 9.17) is 10.5 Å². The van der Waals surface area contributed by atoms with Crippen LogP contribution in [-0.4, -0.2) is 18.3 Å². The van der Waals surface area contributed by atoms with Crippen molar-refractivity contribution in [2.24, 2.45) is 5.73 Å². The first-order valence-electron chi connectivity index (χ1n) is 5.87. The van der Waals surface area contributed by atoms with Gasteiger partial charge in [0.05, 0.1) is 7.11 Å². The van der Waals surface area contributed by atoms with E-state index in [0.717, 1.165) is 24.0 Å². The van der Waals surface area contributed by atoms with Crippen molar-refractivity contribution in [2.45, 2.75) is 32.2 Å². The fourth-order valence-electron chi connectivity index (χ4n) is 1.75. The van der Waals surface area contributed by atoms with Gasteiger partial charge in [-0.15, -0.1) is 6.58 Å². The monoisotopic (exact) mass is 235 g/mol. The van der Waals surface area contributed by atoms with Crippen molar-refractivity contribution in [3.63, 3.8) is 0 Å². The summed E-state index contributed by atoms with van der Waals surface area (Å²) in [6.45, 7) is 5.75. The summed E-state index contributed by atoms with van der Waals surface area (Å²) >= 11 is 0. The lowest BCUT2D eigenvalue weighted by Crippen LogP contribution is -2.21. The van der Waals surface area contributed by atoms with E-state index in [9.17, 15) is 5.11 Å². The van der Waals surface area contributed by atoms with E-state index >= 15 is 0 Å². The molecule has 0 radical (unpaired) electrons. The van der Waals surface area contributed by atoms with E-state index in [0.29, 0.717) is 12.2 Å². The van der Waals surface area contributed by atoms with Gasteiger partial charge in [0.2, 0.25) is 0 Å². The molecule has 0 saturated carbocycles. The van der Waals surface area contributed by atoms with E-state index in [1.54, 1.807) is 7.11 Å². The van der Waals surface area contributed by atoms with Gasteiger partial charge in [-0.05, 0) is 36.5 Å². The van der Waals surface area contributed by atoms with Gasteiger partial charge in [-0.25, -0.2) is 0 Å². The Morgan fingerprint density at radius 2 is 2.24 bits per heavy atom. The number of hydrogen-bond acceptors (Lipinski definition) is 3. The number of phenols is 1. The number of nitrogens with two attached hydrogens (primary N) is 1. The SMILES string of the molecule is C=CCc1cc(CC(N)CC)c(O)c(OC)c1. The molecule has 0 aliphatic rings. The largest absolute Gasteiger partial charge is 0.504 e. The van der Waals surface area contributed by atoms with Crippen molar-refractivity contribution in [1.29, 1.82) is 0 Å². The highest BCUT2D eigenvalue weighted by Gasteiger charge is 2.12. The Balaban J connectivity index is 3.08.